The fourth-order valence-electron chi connectivity index (χ4n) is 1.36. The molecule has 0 bridgehead atoms. The zero-order valence-corrected chi connectivity index (χ0v) is 9.92. The van der Waals surface area contributed by atoms with Gasteiger partial charge in [0.1, 0.15) is 5.75 Å². The van der Waals surface area contributed by atoms with Crippen LogP contribution in [0, 0.1) is 6.92 Å². The largest absolute Gasteiger partial charge is 0.437 e. The van der Waals surface area contributed by atoms with Crippen LogP contribution in [0.5, 0.6) is 11.6 Å². The average molecular weight is 229 g/mol. The molecule has 2 aromatic heterocycles. The van der Waals surface area contributed by atoms with Gasteiger partial charge in [0.2, 0.25) is 5.88 Å². The van der Waals surface area contributed by atoms with Gasteiger partial charge in [0.05, 0.1) is 6.20 Å². The third-order valence-electron chi connectivity index (χ3n) is 2.39. The Kier molecular flexibility index (Phi) is 3.35. The minimum atomic E-state index is -0.0161. The van der Waals surface area contributed by atoms with Gasteiger partial charge in [0.15, 0.2) is 0 Å². The smallest absolute Gasteiger partial charge is 0.219 e. The summed E-state index contributed by atoms with van der Waals surface area (Å²) >= 11 is 0. The maximum Gasteiger partial charge on any atom is 0.219 e. The van der Waals surface area contributed by atoms with Gasteiger partial charge < -0.3 is 10.5 Å². The topological polar surface area (TPSA) is 61.0 Å². The van der Waals surface area contributed by atoms with Crippen molar-refractivity contribution in [3.63, 3.8) is 0 Å². The molecule has 17 heavy (non-hydrogen) atoms. The lowest BCUT2D eigenvalue weighted by atomic mass is 10.2. The summed E-state index contributed by atoms with van der Waals surface area (Å²) in [6.07, 6.45) is 3.40. The Morgan fingerprint density at radius 2 is 1.94 bits per heavy atom. The SMILES string of the molecule is Cc1ccc(Oc2ccc([C@H](C)N)cn2)cn1. The van der Waals surface area contributed by atoms with Gasteiger partial charge in [-0.2, -0.15) is 0 Å². The van der Waals surface area contributed by atoms with Crippen LogP contribution >= 0.6 is 0 Å². The van der Waals surface area contributed by atoms with Crippen LogP contribution in [0.25, 0.3) is 0 Å². The Bertz CT molecular complexity index is 477. The second-order valence-corrected chi connectivity index (χ2v) is 3.96. The maximum absolute atomic E-state index is 5.74. The van der Waals surface area contributed by atoms with E-state index in [2.05, 4.69) is 9.97 Å². The molecule has 2 rings (SSSR count). The van der Waals surface area contributed by atoms with Gasteiger partial charge in [-0.15, -0.1) is 0 Å². The van der Waals surface area contributed by atoms with E-state index in [-0.39, 0.29) is 6.04 Å². The van der Waals surface area contributed by atoms with Gasteiger partial charge in [-0.25, -0.2) is 4.98 Å². The van der Waals surface area contributed by atoms with Crippen molar-refractivity contribution in [2.24, 2.45) is 5.73 Å². The summed E-state index contributed by atoms with van der Waals surface area (Å²) in [5.74, 6) is 1.22. The fraction of sp³-hybridized carbons (Fsp3) is 0.231. The molecule has 88 valence electrons. The lowest BCUT2D eigenvalue weighted by molar-refractivity contribution is 0.460. The standard InChI is InChI=1S/C13H15N3O/c1-9-3-5-12(8-15-9)17-13-6-4-11(7-16-13)10(2)14/h3-8,10H,14H2,1-2H3/t10-/m0/s1. The first kappa shape index (κ1) is 11.5. The Balaban J connectivity index is 2.11. The van der Waals surface area contributed by atoms with E-state index in [0.717, 1.165) is 11.3 Å². The van der Waals surface area contributed by atoms with Crippen molar-refractivity contribution < 1.29 is 4.74 Å². The molecule has 0 saturated carbocycles. The quantitative estimate of drug-likeness (QED) is 0.878. The molecule has 2 heterocycles. The van der Waals surface area contributed by atoms with Crippen LogP contribution in [0.4, 0.5) is 0 Å². The zero-order chi connectivity index (χ0) is 12.3. The first-order chi connectivity index (χ1) is 8.15. The fourth-order valence-corrected chi connectivity index (χ4v) is 1.36. The van der Waals surface area contributed by atoms with Crippen LogP contribution < -0.4 is 10.5 Å². The molecule has 0 amide bonds. The van der Waals surface area contributed by atoms with E-state index in [4.69, 9.17) is 10.5 Å². The van der Waals surface area contributed by atoms with E-state index in [0.29, 0.717) is 11.6 Å². The summed E-state index contributed by atoms with van der Waals surface area (Å²) in [6, 6.07) is 7.46. The number of pyridine rings is 2. The highest BCUT2D eigenvalue weighted by Crippen LogP contribution is 2.19. The molecule has 0 unspecified atom stereocenters. The van der Waals surface area contributed by atoms with Gasteiger partial charge in [-0.05, 0) is 31.5 Å². The predicted octanol–water partition coefficient (Wildman–Crippen LogP) is 2.60. The molecular weight excluding hydrogens is 214 g/mol. The van der Waals surface area contributed by atoms with Crippen LogP contribution in [0.2, 0.25) is 0 Å². The summed E-state index contributed by atoms with van der Waals surface area (Å²) in [6.45, 7) is 3.85. The van der Waals surface area contributed by atoms with Crippen LogP contribution in [0.1, 0.15) is 24.2 Å². The Morgan fingerprint density at radius 3 is 2.47 bits per heavy atom. The number of nitrogens with zero attached hydrogens (tertiary/aromatic N) is 2. The molecule has 0 spiro atoms. The zero-order valence-electron chi connectivity index (χ0n) is 9.92. The highest BCUT2D eigenvalue weighted by Gasteiger charge is 2.02. The molecule has 2 aromatic rings. The molecular formula is C13H15N3O. The van der Waals surface area contributed by atoms with Crippen molar-refractivity contribution in [1.82, 2.24) is 9.97 Å². The molecule has 0 aliphatic rings. The van der Waals surface area contributed by atoms with Crippen molar-refractivity contribution in [1.29, 1.82) is 0 Å². The summed E-state index contributed by atoms with van der Waals surface area (Å²) in [5.41, 5.74) is 7.68. The maximum atomic E-state index is 5.74. The molecule has 0 aliphatic heterocycles. The van der Waals surface area contributed by atoms with Crippen LogP contribution in [-0.2, 0) is 0 Å². The number of rotatable bonds is 3. The number of aromatic nitrogens is 2. The van der Waals surface area contributed by atoms with Crippen molar-refractivity contribution in [2.75, 3.05) is 0 Å². The summed E-state index contributed by atoms with van der Waals surface area (Å²) < 4.78 is 5.55. The number of hydrogen-bond donors (Lipinski definition) is 1. The molecule has 0 saturated heterocycles. The molecule has 4 heteroatoms. The highest BCUT2D eigenvalue weighted by molar-refractivity contribution is 5.27. The molecule has 0 aliphatic carbocycles. The molecule has 4 nitrogen and oxygen atoms in total. The van der Waals surface area contributed by atoms with E-state index < -0.39 is 0 Å². The van der Waals surface area contributed by atoms with Crippen LogP contribution in [0.15, 0.2) is 36.7 Å². The van der Waals surface area contributed by atoms with Crippen LogP contribution in [0.3, 0.4) is 0 Å². The minimum absolute atomic E-state index is 0.0161. The summed E-state index contributed by atoms with van der Waals surface area (Å²) in [7, 11) is 0. The molecule has 0 fully saturated rings. The minimum Gasteiger partial charge on any atom is -0.437 e. The van der Waals surface area contributed by atoms with Gasteiger partial charge >= 0.3 is 0 Å². The Labute approximate surface area is 100 Å². The van der Waals surface area contributed by atoms with E-state index in [1.165, 1.54) is 0 Å². The predicted molar refractivity (Wildman–Crippen MR) is 65.9 cm³/mol. The first-order valence-electron chi connectivity index (χ1n) is 5.47. The van der Waals surface area contributed by atoms with Gasteiger partial charge in [-0.3, -0.25) is 4.98 Å². The van der Waals surface area contributed by atoms with Gasteiger partial charge in [0, 0.05) is 24.0 Å². The lowest BCUT2D eigenvalue weighted by Crippen LogP contribution is -2.05. The third-order valence-corrected chi connectivity index (χ3v) is 2.39. The molecule has 2 N–H and O–H groups in total. The van der Waals surface area contributed by atoms with Crippen molar-refractivity contribution in [2.45, 2.75) is 19.9 Å². The van der Waals surface area contributed by atoms with Gasteiger partial charge in [0.25, 0.3) is 0 Å². The lowest BCUT2D eigenvalue weighted by Gasteiger charge is -2.07. The molecule has 1 atom stereocenters. The second-order valence-electron chi connectivity index (χ2n) is 3.96. The monoisotopic (exact) mass is 229 g/mol. The van der Waals surface area contributed by atoms with E-state index in [1.807, 2.05) is 32.0 Å². The highest BCUT2D eigenvalue weighted by atomic mass is 16.5. The third kappa shape index (κ3) is 3.01. The number of aryl methyl sites for hydroxylation is 1. The van der Waals surface area contributed by atoms with Crippen molar-refractivity contribution >= 4 is 0 Å². The average Bonchev–Trinajstić information content (AvgIpc) is 2.33. The second kappa shape index (κ2) is 4.93. The summed E-state index contributed by atoms with van der Waals surface area (Å²) in [5, 5.41) is 0. The Hall–Kier alpha value is -1.94. The van der Waals surface area contributed by atoms with E-state index in [9.17, 15) is 0 Å². The Morgan fingerprint density at radius 1 is 1.12 bits per heavy atom. The van der Waals surface area contributed by atoms with Gasteiger partial charge in [-0.1, -0.05) is 6.07 Å². The van der Waals surface area contributed by atoms with Crippen molar-refractivity contribution in [3.8, 4) is 11.6 Å². The van der Waals surface area contributed by atoms with E-state index >= 15 is 0 Å². The molecule has 0 aromatic carbocycles. The first-order valence-corrected chi connectivity index (χ1v) is 5.47. The molecule has 0 radical (unpaired) electrons. The van der Waals surface area contributed by atoms with Crippen LogP contribution in [-0.4, -0.2) is 9.97 Å². The number of ether oxygens (including phenoxy) is 1. The van der Waals surface area contributed by atoms with Crippen molar-refractivity contribution in [3.05, 3.63) is 47.9 Å². The number of hydrogen-bond acceptors (Lipinski definition) is 4. The van der Waals surface area contributed by atoms with E-state index in [1.54, 1.807) is 18.5 Å². The summed E-state index contributed by atoms with van der Waals surface area (Å²) in [4.78, 5) is 8.34. The number of nitrogens with two attached hydrogens (primary N) is 1. The normalized spacial score (nSPS) is 12.2.